The first-order valence-electron chi connectivity index (χ1n) is 9.35. The Hall–Kier alpha value is -1.18. The highest BCUT2D eigenvalue weighted by molar-refractivity contribution is 5.66. The zero-order chi connectivity index (χ0) is 16.5. The first-order chi connectivity index (χ1) is 11.2. The highest BCUT2D eigenvalue weighted by Crippen LogP contribution is 2.34. The first kappa shape index (κ1) is 18.2. The van der Waals surface area contributed by atoms with E-state index in [-0.39, 0.29) is 0 Å². The summed E-state index contributed by atoms with van der Waals surface area (Å²) in [5, 5.41) is 0. The molecule has 1 aliphatic rings. The molecule has 128 valence electrons. The molecule has 1 aliphatic carbocycles. The highest BCUT2D eigenvalue weighted by Gasteiger charge is 2.18. The fourth-order valence-corrected chi connectivity index (χ4v) is 3.54. The normalized spacial score (nSPS) is 18.0. The fourth-order valence-electron chi connectivity index (χ4n) is 3.54. The number of unbranched alkanes of at least 4 members (excludes halogenated alkanes) is 6. The monoisotopic (exact) mass is 320 g/mol. The van der Waals surface area contributed by atoms with Crippen LogP contribution < -0.4 is 0 Å². The third-order valence-corrected chi connectivity index (χ3v) is 5.03. The van der Waals surface area contributed by atoms with Crippen molar-refractivity contribution in [1.82, 2.24) is 0 Å². The number of hydrogen-bond donors (Lipinski definition) is 0. The molecule has 1 atom stereocenters. The second kappa shape index (κ2) is 9.85. The number of hydrogen-bond acceptors (Lipinski definition) is 0. The second-order valence-corrected chi connectivity index (χ2v) is 6.88. The van der Waals surface area contributed by atoms with Gasteiger partial charge in [0.25, 0.3) is 0 Å². The molecule has 0 heterocycles. The van der Waals surface area contributed by atoms with Gasteiger partial charge in [-0.2, -0.15) is 0 Å². The topological polar surface area (TPSA) is 0 Å². The predicted octanol–water partition coefficient (Wildman–Crippen LogP) is 7.29. The molecule has 0 amide bonds. The van der Waals surface area contributed by atoms with Crippen molar-refractivity contribution in [3.8, 4) is 0 Å². The lowest BCUT2D eigenvalue weighted by Gasteiger charge is -2.22. The largest absolute Gasteiger partial charge is 0.204 e. The van der Waals surface area contributed by atoms with Crippen molar-refractivity contribution in [2.24, 2.45) is 5.92 Å². The molecule has 0 aliphatic heterocycles. The lowest BCUT2D eigenvalue weighted by atomic mass is 9.83. The zero-order valence-corrected chi connectivity index (χ0v) is 14.4. The van der Waals surface area contributed by atoms with Crippen molar-refractivity contribution in [3.63, 3.8) is 0 Å². The maximum atomic E-state index is 13.8. The predicted molar refractivity (Wildman–Crippen MR) is 94.3 cm³/mol. The summed E-state index contributed by atoms with van der Waals surface area (Å²) in [6.45, 7) is 2.25. The second-order valence-electron chi connectivity index (χ2n) is 6.88. The third kappa shape index (κ3) is 5.75. The number of rotatable bonds is 9. The summed E-state index contributed by atoms with van der Waals surface area (Å²) in [6, 6.07) is 4.48. The number of halogens is 2. The van der Waals surface area contributed by atoms with Gasteiger partial charge < -0.3 is 0 Å². The minimum absolute atomic E-state index is 0.458. The Balaban J connectivity index is 1.70. The molecular formula is C21H30F2. The molecule has 0 nitrogen and oxygen atoms in total. The Morgan fingerprint density at radius 3 is 2.43 bits per heavy atom. The quantitative estimate of drug-likeness (QED) is 0.419. The SMILES string of the molecule is CCCCCCCCCC1CC=C(c2cccc(F)c2F)CC1. The van der Waals surface area contributed by atoms with Crippen molar-refractivity contribution in [2.45, 2.75) is 77.6 Å². The van der Waals surface area contributed by atoms with Crippen molar-refractivity contribution in [2.75, 3.05) is 0 Å². The van der Waals surface area contributed by atoms with Crippen LogP contribution in [-0.4, -0.2) is 0 Å². The van der Waals surface area contributed by atoms with Crippen molar-refractivity contribution >= 4 is 5.57 Å². The Kier molecular flexibility index (Phi) is 7.78. The maximum Gasteiger partial charge on any atom is 0.166 e. The summed E-state index contributed by atoms with van der Waals surface area (Å²) < 4.78 is 27.2. The van der Waals surface area contributed by atoms with Gasteiger partial charge in [-0.25, -0.2) is 8.78 Å². The molecular weight excluding hydrogens is 290 g/mol. The minimum Gasteiger partial charge on any atom is -0.204 e. The molecule has 2 rings (SSSR count). The molecule has 0 bridgehead atoms. The Labute approximate surface area is 140 Å². The minimum atomic E-state index is -0.742. The van der Waals surface area contributed by atoms with Gasteiger partial charge in [-0.3, -0.25) is 0 Å². The van der Waals surface area contributed by atoms with Gasteiger partial charge in [0.2, 0.25) is 0 Å². The van der Waals surface area contributed by atoms with Gasteiger partial charge in [0, 0.05) is 5.56 Å². The molecule has 0 saturated carbocycles. The van der Waals surface area contributed by atoms with E-state index >= 15 is 0 Å². The van der Waals surface area contributed by atoms with Crippen LogP contribution in [0.5, 0.6) is 0 Å². The molecule has 0 radical (unpaired) electrons. The van der Waals surface area contributed by atoms with Crippen LogP contribution in [0.2, 0.25) is 0 Å². The van der Waals surface area contributed by atoms with Gasteiger partial charge in [-0.15, -0.1) is 0 Å². The van der Waals surface area contributed by atoms with E-state index < -0.39 is 11.6 Å². The molecule has 0 aromatic heterocycles. The third-order valence-electron chi connectivity index (χ3n) is 5.03. The van der Waals surface area contributed by atoms with Gasteiger partial charge in [0.1, 0.15) is 0 Å². The highest BCUT2D eigenvalue weighted by atomic mass is 19.2. The van der Waals surface area contributed by atoms with E-state index in [1.54, 1.807) is 12.1 Å². The van der Waals surface area contributed by atoms with Crippen LogP contribution in [0, 0.1) is 17.6 Å². The number of allylic oxidation sites excluding steroid dienone is 2. The zero-order valence-electron chi connectivity index (χ0n) is 14.4. The van der Waals surface area contributed by atoms with Gasteiger partial charge in [0.15, 0.2) is 11.6 Å². The first-order valence-corrected chi connectivity index (χ1v) is 9.35. The maximum absolute atomic E-state index is 13.8. The van der Waals surface area contributed by atoms with Crippen LogP contribution in [0.1, 0.15) is 83.1 Å². The van der Waals surface area contributed by atoms with Gasteiger partial charge in [-0.1, -0.05) is 76.5 Å². The summed E-state index contributed by atoms with van der Waals surface area (Å²) in [6.07, 6.45) is 15.9. The molecule has 23 heavy (non-hydrogen) atoms. The van der Waals surface area contributed by atoms with Crippen LogP contribution >= 0.6 is 0 Å². The average Bonchev–Trinajstić information content (AvgIpc) is 2.57. The Morgan fingerprint density at radius 2 is 1.74 bits per heavy atom. The summed E-state index contributed by atoms with van der Waals surface area (Å²) >= 11 is 0. The van der Waals surface area contributed by atoms with Crippen LogP contribution in [0.4, 0.5) is 8.78 Å². The molecule has 0 fully saturated rings. The van der Waals surface area contributed by atoms with E-state index in [2.05, 4.69) is 13.0 Å². The van der Waals surface area contributed by atoms with Crippen LogP contribution in [-0.2, 0) is 0 Å². The lowest BCUT2D eigenvalue weighted by Crippen LogP contribution is -2.06. The van der Waals surface area contributed by atoms with Gasteiger partial charge in [0.05, 0.1) is 0 Å². The standard InChI is InChI=1S/C21H30F2/c1-2-3-4-5-6-7-8-10-17-13-15-18(16-14-17)19-11-9-12-20(22)21(19)23/h9,11-12,15,17H,2-8,10,13-14,16H2,1H3. The van der Waals surface area contributed by atoms with E-state index in [1.807, 2.05) is 0 Å². The molecule has 1 aromatic rings. The van der Waals surface area contributed by atoms with E-state index in [0.29, 0.717) is 5.56 Å². The van der Waals surface area contributed by atoms with Crippen LogP contribution in [0.3, 0.4) is 0 Å². The summed E-state index contributed by atoms with van der Waals surface area (Å²) in [7, 11) is 0. The Morgan fingerprint density at radius 1 is 1.00 bits per heavy atom. The van der Waals surface area contributed by atoms with Crippen LogP contribution in [0.15, 0.2) is 24.3 Å². The van der Waals surface area contributed by atoms with Crippen molar-refractivity contribution in [1.29, 1.82) is 0 Å². The van der Waals surface area contributed by atoms with Gasteiger partial charge in [-0.05, 0) is 36.8 Å². The molecule has 0 N–H and O–H groups in total. The van der Waals surface area contributed by atoms with Crippen molar-refractivity contribution in [3.05, 3.63) is 41.5 Å². The van der Waals surface area contributed by atoms with E-state index in [0.717, 1.165) is 30.8 Å². The van der Waals surface area contributed by atoms with E-state index in [1.165, 1.54) is 57.4 Å². The molecule has 0 spiro atoms. The fraction of sp³-hybridized carbons (Fsp3) is 0.619. The summed E-state index contributed by atoms with van der Waals surface area (Å²) in [4.78, 5) is 0. The number of benzene rings is 1. The molecule has 2 heteroatoms. The molecule has 0 saturated heterocycles. The summed E-state index contributed by atoms with van der Waals surface area (Å²) in [5.41, 5.74) is 1.44. The van der Waals surface area contributed by atoms with E-state index in [9.17, 15) is 8.78 Å². The van der Waals surface area contributed by atoms with Crippen molar-refractivity contribution < 1.29 is 8.78 Å². The molecule has 1 aromatic carbocycles. The van der Waals surface area contributed by atoms with Gasteiger partial charge >= 0.3 is 0 Å². The Bertz CT molecular complexity index is 505. The lowest BCUT2D eigenvalue weighted by molar-refractivity contribution is 0.421. The smallest absolute Gasteiger partial charge is 0.166 e. The van der Waals surface area contributed by atoms with Crippen LogP contribution in [0.25, 0.3) is 5.57 Å². The summed E-state index contributed by atoms with van der Waals surface area (Å²) in [5.74, 6) is -0.705. The van der Waals surface area contributed by atoms with E-state index in [4.69, 9.17) is 0 Å². The average molecular weight is 320 g/mol. The molecule has 1 unspecified atom stereocenters.